The second-order valence-corrected chi connectivity index (χ2v) is 22.7. The number of alkyl halides is 11. The minimum Gasteiger partial charge on any atom is -0.492 e. The number of rotatable bonds is 26. The predicted octanol–water partition coefficient (Wildman–Crippen LogP) is 14.8. The zero-order valence-electron chi connectivity index (χ0n) is 51.0. The van der Waals surface area contributed by atoms with Crippen LogP contribution in [0, 0.1) is 19.8 Å². The summed E-state index contributed by atoms with van der Waals surface area (Å²) < 4.78 is 170. The van der Waals surface area contributed by atoms with Crippen molar-refractivity contribution in [1.82, 2.24) is 50.6 Å². The van der Waals surface area contributed by atoms with Crippen molar-refractivity contribution in [2.24, 2.45) is 5.92 Å². The van der Waals surface area contributed by atoms with Crippen molar-refractivity contribution < 1.29 is 67.2 Å². The van der Waals surface area contributed by atoms with Crippen molar-refractivity contribution in [3.05, 3.63) is 106 Å². The molecule has 1 aliphatic carbocycles. The summed E-state index contributed by atoms with van der Waals surface area (Å²) in [4.78, 5) is 6.31. The first-order chi connectivity index (χ1) is 41.1. The van der Waals surface area contributed by atoms with Gasteiger partial charge in [0.25, 0.3) is 5.92 Å². The number of likely N-dealkylation sites (N-methyl/N-ethyl adjacent to an activating group) is 2. The first-order valence-electron chi connectivity index (χ1n) is 29.4. The third-order valence-corrected chi connectivity index (χ3v) is 15.0. The first-order valence-corrected chi connectivity index (χ1v) is 29.4. The molecule has 4 heterocycles. The average Bonchev–Trinajstić information content (AvgIpc) is 2.29. The molecule has 1 aliphatic heterocycles. The topological polar surface area (TPSA) is 145 Å². The van der Waals surface area contributed by atoms with Gasteiger partial charge in [0.15, 0.2) is 6.61 Å². The maximum Gasteiger partial charge on any atom is 0.422 e. The lowest BCUT2D eigenvalue weighted by Crippen LogP contribution is -2.27. The number of unbranched alkanes of at least 4 members (excludes halogenated alkanes) is 2. The van der Waals surface area contributed by atoms with Gasteiger partial charge in [-0.25, -0.2) is 8.78 Å². The SMILES string of the molecule is CCCCN(C)Cc1cn[nH]c1-c1cc(C)c(OCC2CCC2)c(C(F)(F)F)c1.CCCCN(C)Cc1cn[nH]c1-c1cc(OCC(F)(F)F)cc(C(C)(F)F)c1.CNCCN(C)Cc1cn[nH]c1-c1cc(C)c(OC2CCOCC2)c(C(F)(F)F)c1. The minimum atomic E-state index is -4.56. The molecule has 25 heteroatoms. The highest BCUT2D eigenvalue weighted by molar-refractivity contribution is 5.69. The van der Waals surface area contributed by atoms with Gasteiger partial charge in [0.05, 0.1) is 66.6 Å². The molecular weight excluding hydrogens is 1160 g/mol. The van der Waals surface area contributed by atoms with E-state index in [1.165, 1.54) is 18.2 Å². The van der Waals surface area contributed by atoms with Crippen LogP contribution in [0.2, 0.25) is 0 Å². The third-order valence-electron chi connectivity index (χ3n) is 15.0. The van der Waals surface area contributed by atoms with Crippen molar-refractivity contribution in [2.45, 2.75) is 143 Å². The second kappa shape index (κ2) is 31.8. The van der Waals surface area contributed by atoms with Gasteiger partial charge in [-0.1, -0.05) is 33.1 Å². The van der Waals surface area contributed by atoms with E-state index in [1.54, 1.807) is 44.6 Å². The Kier molecular flexibility index (Phi) is 25.5. The van der Waals surface area contributed by atoms with E-state index in [9.17, 15) is 48.3 Å². The Balaban J connectivity index is 0.000000209. The Hall–Kier alpha value is -6.28. The highest BCUT2D eigenvalue weighted by atomic mass is 19.4. The second-order valence-electron chi connectivity index (χ2n) is 22.7. The van der Waals surface area contributed by atoms with Crippen molar-refractivity contribution in [3.63, 3.8) is 0 Å². The molecule has 3 aromatic heterocycles. The number of aryl methyl sites for hydroxylation is 2. The Bertz CT molecular complexity index is 3050. The fourth-order valence-corrected chi connectivity index (χ4v) is 9.98. The average molecular weight is 1240 g/mol. The van der Waals surface area contributed by atoms with Crippen LogP contribution in [-0.4, -0.2) is 138 Å². The maximum atomic E-state index is 13.9. The third kappa shape index (κ3) is 21.2. The molecule has 2 fully saturated rings. The van der Waals surface area contributed by atoms with Crippen LogP contribution >= 0.6 is 0 Å². The molecule has 3 aromatic carbocycles. The van der Waals surface area contributed by atoms with Gasteiger partial charge in [0, 0.05) is 91.4 Å². The highest BCUT2D eigenvalue weighted by Crippen LogP contribution is 2.44. The van der Waals surface area contributed by atoms with E-state index in [0.717, 1.165) is 99.9 Å². The van der Waals surface area contributed by atoms with Crippen LogP contribution in [-0.2, 0) is 42.6 Å². The lowest BCUT2D eigenvalue weighted by Gasteiger charge is -2.27. The van der Waals surface area contributed by atoms with Gasteiger partial charge in [-0.15, -0.1) is 0 Å². The number of aromatic amines is 3. The molecular formula is C62H83F11N10O4. The van der Waals surface area contributed by atoms with Crippen LogP contribution in [0.4, 0.5) is 48.3 Å². The number of halogens is 11. The fourth-order valence-electron chi connectivity index (χ4n) is 9.98. The van der Waals surface area contributed by atoms with Gasteiger partial charge in [-0.05, 0) is 140 Å². The lowest BCUT2D eigenvalue weighted by molar-refractivity contribution is -0.153. The Labute approximate surface area is 502 Å². The van der Waals surface area contributed by atoms with Crippen LogP contribution in [0.25, 0.3) is 33.8 Å². The molecule has 0 atom stereocenters. The number of nitrogens with one attached hydrogen (secondary N) is 4. The van der Waals surface area contributed by atoms with Crippen LogP contribution in [0.1, 0.15) is 123 Å². The predicted molar refractivity (Wildman–Crippen MR) is 313 cm³/mol. The van der Waals surface area contributed by atoms with E-state index in [0.29, 0.717) is 110 Å². The standard InChI is InChI=1S/C22H30F3N3O.C21H29F3N4O2.C19H24F5N3O/c1-4-5-9-28(3)13-18-12-26-27-20(18)17-10-15(2)21(19(11-17)22(23,24)25)29-14-16-7-6-8-16;1-14-10-15(19-16(12-26-27-19)13-28(3)7-6-25-2)11-18(21(22,23)24)20(14)30-17-4-8-29-9-5-17;1-4-5-6-27(3)11-14-10-25-26-17(14)13-7-15(18(2,20)21)9-16(8-13)28-12-19(22,23)24/h10-12,16H,4-9,13-14H2,1-3H3,(H,26,27);10-12,17,25H,4-9,13H2,1-3H3,(H,26,27);7-10H,4-6,11-12H2,1-3H3,(H,25,26). The number of hydrogen-bond donors (Lipinski definition) is 4. The monoisotopic (exact) mass is 1240 g/mol. The van der Waals surface area contributed by atoms with E-state index in [-0.39, 0.29) is 23.4 Å². The lowest BCUT2D eigenvalue weighted by atomic mass is 9.86. The van der Waals surface area contributed by atoms with Crippen LogP contribution in [0.3, 0.4) is 0 Å². The molecule has 8 rings (SSSR count). The van der Waals surface area contributed by atoms with E-state index >= 15 is 0 Å². The fraction of sp³-hybridized carbons (Fsp3) is 0.565. The van der Waals surface area contributed by atoms with Gasteiger partial charge in [0.2, 0.25) is 0 Å². The quantitative estimate of drug-likeness (QED) is 0.0385. The number of benzene rings is 3. The van der Waals surface area contributed by atoms with Gasteiger partial charge in [-0.3, -0.25) is 15.3 Å². The Morgan fingerprint density at radius 2 is 1.06 bits per heavy atom. The summed E-state index contributed by atoms with van der Waals surface area (Å²) in [6, 6.07) is 9.31. The summed E-state index contributed by atoms with van der Waals surface area (Å²) in [6.45, 7) is 13.2. The highest BCUT2D eigenvalue weighted by Gasteiger charge is 2.39. The normalized spacial score (nSPS) is 14.5. The molecule has 0 unspecified atom stereocenters. The van der Waals surface area contributed by atoms with Gasteiger partial charge in [0.1, 0.15) is 23.4 Å². The zero-order chi connectivity index (χ0) is 63.7. The van der Waals surface area contributed by atoms with Crippen LogP contribution in [0.5, 0.6) is 17.2 Å². The number of nitrogens with zero attached hydrogens (tertiary/aromatic N) is 6. The molecule has 87 heavy (non-hydrogen) atoms. The molecule has 4 N–H and O–H groups in total. The molecule has 0 spiro atoms. The summed E-state index contributed by atoms with van der Waals surface area (Å²) >= 11 is 0. The molecule has 1 saturated carbocycles. The summed E-state index contributed by atoms with van der Waals surface area (Å²) in [5, 5.41) is 23.8. The van der Waals surface area contributed by atoms with Gasteiger partial charge >= 0.3 is 18.5 Å². The van der Waals surface area contributed by atoms with Crippen molar-refractivity contribution in [2.75, 3.05) is 80.8 Å². The number of ether oxygens (including phenoxy) is 4. The van der Waals surface area contributed by atoms with Crippen LogP contribution < -0.4 is 19.5 Å². The molecule has 0 bridgehead atoms. The Morgan fingerprint density at radius 1 is 0.598 bits per heavy atom. The summed E-state index contributed by atoms with van der Waals surface area (Å²) in [7, 11) is 7.78. The molecule has 482 valence electrons. The summed E-state index contributed by atoms with van der Waals surface area (Å²) in [5.74, 6) is -3.27. The zero-order valence-corrected chi connectivity index (χ0v) is 51.0. The first kappa shape index (κ1) is 69.8. The van der Waals surface area contributed by atoms with E-state index < -0.39 is 47.7 Å². The number of hydrogen-bond acceptors (Lipinski definition) is 11. The molecule has 1 saturated heterocycles. The molecule has 14 nitrogen and oxygen atoms in total. The largest absolute Gasteiger partial charge is 0.492 e. The summed E-state index contributed by atoms with van der Waals surface area (Å²) in [6.07, 6.45) is -0.300. The van der Waals surface area contributed by atoms with Crippen LogP contribution in [0.15, 0.2) is 61.1 Å². The molecule has 2 aliphatic rings. The van der Waals surface area contributed by atoms with Crippen molar-refractivity contribution in [3.8, 4) is 51.0 Å². The van der Waals surface area contributed by atoms with E-state index in [4.69, 9.17) is 18.9 Å². The van der Waals surface area contributed by atoms with Gasteiger partial charge < -0.3 is 39.0 Å². The van der Waals surface area contributed by atoms with E-state index in [1.807, 2.05) is 28.2 Å². The smallest absolute Gasteiger partial charge is 0.422 e. The molecule has 0 amide bonds. The number of aromatic nitrogens is 6. The molecule has 0 radical (unpaired) electrons. The van der Waals surface area contributed by atoms with E-state index in [2.05, 4.69) is 64.5 Å². The maximum absolute atomic E-state index is 13.9. The van der Waals surface area contributed by atoms with Crippen molar-refractivity contribution >= 4 is 0 Å². The number of H-pyrrole nitrogens is 3. The van der Waals surface area contributed by atoms with Gasteiger partial charge in [-0.2, -0.15) is 54.8 Å². The summed E-state index contributed by atoms with van der Waals surface area (Å²) in [5.41, 5.74) is 4.49. The molecule has 6 aromatic rings. The Morgan fingerprint density at radius 3 is 1.48 bits per heavy atom. The van der Waals surface area contributed by atoms with Crippen molar-refractivity contribution in [1.29, 1.82) is 0 Å². The minimum absolute atomic E-state index is 0.0470.